The molecule has 0 aliphatic heterocycles. The van der Waals surface area contributed by atoms with Crippen molar-refractivity contribution in [3.8, 4) is 5.75 Å². The zero-order valence-electron chi connectivity index (χ0n) is 13.0. The summed E-state index contributed by atoms with van der Waals surface area (Å²) < 4.78 is 35.3. The molecule has 0 bridgehead atoms. The molecule has 1 fully saturated rings. The van der Waals surface area contributed by atoms with E-state index in [0.29, 0.717) is 29.5 Å². The summed E-state index contributed by atoms with van der Waals surface area (Å²) in [5.74, 6) is 0.900. The Labute approximate surface area is 128 Å². The highest BCUT2D eigenvalue weighted by Crippen LogP contribution is 2.30. The molecule has 116 valence electrons. The largest absolute Gasteiger partial charge is 0.493 e. The van der Waals surface area contributed by atoms with E-state index in [1.165, 1.54) is 18.9 Å². The van der Waals surface area contributed by atoms with Gasteiger partial charge in [-0.25, -0.2) is 8.60 Å². The van der Waals surface area contributed by atoms with E-state index < -0.39 is 15.7 Å². The second-order valence-corrected chi connectivity index (χ2v) is 8.34. The number of hydrogen-bond acceptors (Lipinski definition) is 2. The SMILES string of the molecule is C/C(=N\[S@@](=O)C(C)(C)C)c1cc(OCC2CC2)ccc1F. The molecule has 3 nitrogen and oxygen atoms in total. The second-order valence-electron chi connectivity index (χ2n) is 6.43. The van der Waals surface area contributed by atoms with Crippen molar-refractivity contribution in [2.24, 2.45) is 10.3 Å². The fraction of sp³-hybridized carbons (Fsp3) is 0.562. The van der Waals surface area contributed by atoms with Gasteiger partial charge < -0.3 is 4.74 Å². The van der Waals surface area contributed by atoms with Gasteiger partial charge in [0.2, 0.25) is 0 Å². The molecule has 2 rings (SSSR count). The Balaban J connectivity index is 2.18. The van der Waals surface area contributed by atoms with Crippen molar-refractivity contribution >= 4 is 16.7 Å². The lowest BCUT2D eigenvalue weighted by Gasteiger charge is -2.14. The highest BCUT2D eigenvalue weighted by atomic mass is 32.2. The zero-order valence-corrected chi connectivity index (χ0v) is 13.8. The molecule has 0 amide bonds. The molecule has 0 radical (unpaired) electrons. The van der Waals surface area contributed by atoms with Crippen molar-refractivity contribution in [1.82, 2.24) is 0 Å². The molecule has 0 saturated heterocycles. The normalized spacial score (nSPS) is 17.7. The average molecular weight is 311 g/mol. The van der Waals surface area contributed by atoms with Crippen LogP contribution >= 0.6 is 0 Å². The summed E-state index contributed by atoms with van der Waals surface area (Å²) in [7, 11) is -1.40. The first-order valence-electron chi connectivity index (χ1n) is 7.17. The third-order valence-electron chi connectivity index (χ3n) is 3.25. The summed E-state index contributed by atoms with van der Waals surface area (Å²) in [5, 5.41) is 0. The maximum absolute atomic E-state index is 13.9. The van der Waals surface area contributed by atoms with Crippen molar-refractivity contribution in [2.45, 2.75) is 45.3 Å². The highest BCUT2D eigenvalue weighted by Gasteiger charge is 2.22. The standard InChI is InChI=1S/C16H22FNO2S/c1-11(18-21(19)16(2,3)4)14-9-13(7-8-15(14)17)20-10-12-5-6-12/h7-9,12H,5-6,10H2,1-4H3/b18-11+/t21-/m0/s1. The average Bonchev–Trinajstić information content (AvgIpc) is 3.20. The Kier molecular flexibility index (Phi) is 4.81. The van der Waals surface area contributed by atoms with Gasteiger partial charge >= 0.3 is 0 Å². The Hall–Kier alpha value is -1.23. The van der Waals surface area contributed by atoms with E-state index in [1.807, 2.05) is 20.8 Å². The van der Waals surface area contributed by atoms with Crippen LogP contribution in [0, 0.1) is 11.7 Å². The number of benzene rings is 1. The van der Waals surface area contributed by atoms with Crippen LogP contribution in [0.2, 0.25) is 0 Å². The Morgan fingerprint density at radius 1 is 1.43 bits per heavy atom. The lowest BCUT2D eigenvalue weighted by molar-refractivity contribution is 0.299. The van der Waals surface area contributed by atoms with Crippen molar-refractivity contribution in [3.63, 3.8) is 0 Å². The first kappa shape index (κ1) is 16.1. The van der Waals surface area contributed by atoms with Crippen LogP contribution in [0.15, 0.2) is 22.6 Å². The van der Waals surface area contributed by atoms with Gasteiger partial charge in [-0.1, -0.05) is 0 Å². The van der Waals surface area contributed by atoms with Crippen LogP contribution in [0.1, 0.15) is 46.1 Å². The lowest BCUT2D eigenvalue weighted by Crippen LogP contribution is -2.20. The van der Waals surface area contributed by atoms with Crippen LogP contribution in [-0.4, -0.2) is 21.3 Å². The number of rotatable bonds is 5. The van der Waals surface area contributed by atoms with Gasteiger partial charge in [-0.2, -0.15) is 4.40 Å². The number of hydrogen-bond donors (Lipinski definition) is 0. The van der Waals surface area contributed by atoms with Crippen LogP contribution < -0.4 is 4.74 Å². The Bertz CT molecular complexity index is 574. The molecule has 1 aliphatic carbocycles. The van der Waals surface area contributed by atoms with E-state index >= 15 is 0 Å². The van der Waals surface area contributed by atoms with Crippen LogP contribution in [-0.2, 0) is 11.0 Å². The van der Waals surface area contributed by atoms with Gasteiger partial charge in [-0.05, 0) is 64.7 Å². The number of halogens is 1. The summed E-state index contributed by atoms with van der Waals surface area (Å²) in [4.78, 5) is 0. The molecule has 0 aromatic heterocycles. The summed E-state index contributed by atoms with van der Waals surface area (Å²) in [5.41, 5.74) is 0.776. The predicted octanol–water partition coefficient (Wildman–Crippen LogP) is 3.89. The number of ether oxygens (including phenoxy) is 1. The predicted molar refractivity (Wildman–Crippen MR) is 84.7 cm³/mol. The summed E-state index contributed by atoms with van der Waals surface area (Å²) in [6.07, 6.45) is 2.41. The summed E-state index contributed by atoms with van der Waals surface area (Å²) in [6.45, 7) is 7.87. The molecule has 1 atom stereocenters. The van der Waals surface area contributed by atoms with E-state index in [0.717, 1.165) is 0 Å². The van der Waals surface area contributed by atoms with Crippen molar-refractivity contribution in [2.75, 3.05) is 6.61 Å². The molecule has 0 spiro atoms. The maximum atomic E-state index is 13.9. The molecule has 0 N–H and O–H groups in total. The van der Waals surface area contributed by atoms with Gasteiger partial charge in [0.05, 0.1) is 17.1 Å². The smallest absolute Gasteiger partial charge is 0.145 e. The third kappa shape index (κ3) is 4.63. The van der Waals surface area contributed by atoms with Crippen LogP contribution in [0.4, 0.5) is 4.39 Å². The van der Waals surface area contributed by atoms with Crippen molar-refractivity contribution < 1.29 is 13.3 Å². The van der Waals surface area contributed by atoms with E-state index in [4.69, 9.17) is 4.74 Å². The fourth-order valence-electron chi connectivity index (χ4n) is 1.68. The fourth-order valence-corrected chi connectivity index (χ4v) is 2.30. The van der Waals surface area contributed by atoms with E-state index in [1.54, 1.807) is 19.1 Å². The molecule has 1 aromatic carbocycles. The molecule has 5 heteroatoms. The molecule has 21 heavy (non-hydrogen) atoms. The minimum absolute atomic E-state index is 0.348. The summed E-state index contributed by atoms with van der Waals surface area (Å²) in [6, 6.07) is 4.63. The van der Waals surface area contributed by atoms with Crippen LogP contribution in [0.5, 0.6) is 5.75 Å². The highest BCUT2D eigenvalue weighted by molar-refractivity contribution is 7.85. The van der Waals surface area contributed by atoms with Gasteiger partial charge in [0.1, 0.15) is 22.6 Å². The quantitative estimate of drug-likeness (QED) is 0.774. The van der Waals surface area contributed by atoms with E-state index in [9.17, 15) is 8.60 Å². The maximum Gasteiger partial charge on any atom is 0.145 e. The van der Waals surface area contributed by atoms with Crippen LogP contribution in [0.3, 0.4) is 0 Å². The van der Waals surface area contributed by atoms with Gasteiger partial charge in [-0.15, -0.1) is 0 Å². The molecular weight excluding hydrogens is 289 g/mol. The minimum atomic E-state index is -1.40. The van der Waals surface area contributed by atoms with Gasteiger partial charge in [-0.3, -0.25) is 0 Å². The monoisotopic (exact) mass is 311 g/mol. The molecule has 1 aromatic rings. The van der Waals surface area contributed by atoms with Gasteiger partial charge in [0.25, 0.3) is 0 Å². The van der Waals surface area contributed by atoms with Gasteiger partial charge in [0, 0.05) is 5.56 Å². The first-order chi connectivity index (χ1) is 9.77. The van der Waals surface area contributed by atoms with Crippen LogP contribution in [0.25, 0.3) is 0 Å². The third-order valence-corrected chi connectivity index (χ3v) is 4.74. The number of nitrogens with zero attached hydrogens (tertiary/aromatic N) is 1. The first-order valence-corrected chi connectivity index (χ1v) is 8.28. The molecule has 0 heterocycles. The second kappa shape index (κ2) is 6.26. The Morgan fingerprint density at radius 3 is 2.67 bits per heavy atom. The topological polar surface area (TPSA) is 38.7 Å². The minimum Gasteiger partial charge on any atom is -0.493 e. The van der Waals surface area contributed by atoms with Crippen molar-refractivity contribution in [1.29, 1.82) is 0 Å². The zero-order chi connectivity index (χ0) is 15.6. The van der Waals surface area contributed by atoms with E-state index in [2.05, 4.69) is 4.40 Å². The molecule has 0 unspecified atom stereocenters. The lowest BCUT2D eigenvalue weighted by atomic mass is 10.1. The van der Waals surface area contributed by atoms with E-state index in [-0.39, 0.29) is 5.82 Å². The summed E-state index contributed by atoms with van der Waals surface area (Å²) >= 11 is 0. The molecule has 1 saturated carbocycles. The van der Waals surface area contributed by atoms with Gasteiger partial charge in [0.15, 0.2) is 0 Å². The molecular formula is C16H22FNO2S. The van der Waals surface area contributed by atoms with Crippen molar-refractivity contribution in [3.05, 3.63) is 29.6 Å². The Morgan fingerprint density at radius 2 is 2.10 bits per heavy atom. The molecule has 1 aliphatic rings.